The monoisotopic (exact) mass is 311 g/mol. The summed E-state index contributed by atoms with van der Waals surface area (Å²) in [6, 6.07) is 2.05. The van der Waals surface area contributed by atoms with E-state index in [0.717, 1.165) is 11.3 Å². The highest BCUT2D eigenvalue weighted by Crippen LogP contribution is 2.17. The highest BCUT2D eigenvalue weighted by Gasteiger charge is 2.11. The topological polar surface area (TPSA) is 86.9 Å². The number of rotatable bonds is 6. The summed E-state index contributed by atoms with van der Waals surface area (Å²) in [7, 11) is 0. The van der Waals surface area contributed by atoms with Gasteiger partial charge in [-0.1, -0.05) is 0 Å². The van der Waals surface area contributed by atoms with E-state index in [1.807, 2.05) is 33.8 Å². The molecule has 0 fully saturated rings. The number of aryl methyl sites for hydroxylation is 2. The molecule has 3 N–H and O–H groups in total. The van der Waals surface area contributed by atoms with Crippen LogP contribution in [0.15, 0.2) is 15.6 Å². The van der Waals surface area contributed by atoms with Crippen molar-refractivity contribution in [2.45, 2.75) is 46.6 Å². The number of hydrogen-bond donors (Lipinski definition) is 3. The second-order valence-electron chi connectivity index (χ2n) is 5.01. The molecule has 0 aliphatic carbocycles. The Morgan fingerprint density at radius 2 is 2.19 bits per heavy atom. The number of hydrogen-bond acceptors (Lipinski definition) is 4. The molecule has 0 atom stereocenters. The summed E-state index contributed by atoms with van der Waals surface area (Å²) < 4.78 is 5.54. The molecule has 0 spiro atoms. The van der Waals surface area contributed by atoms with Crippen LogP contribution >= 0.6 is 12.2 Å². The third-order valence-electron chi connectivity index (χ3n) is 2.69. The number of nitrogens with zero attached hydrogens (tertiary/aromatic N) is 1. The lowest BCUT2D eigenvalue weighted by Crippen LogP contribution is -2.37. The summed E-state index contributed by atoms with van der Waals surface area (Å²) in [4.78, 5) is 10.6. The van der Waals surface area contributed by atoms with Crippen LogP contribution in [0.25, 0.3) is 0 Å². The number of carboxylic acid groups (broad SMARTS) is 1. The van der Waals surface area contributed by atoms with Gasteiger partial charge in [0, 0.05) is 18.0 Å². The maximum absolute atomic E-state index is 10.6. The number of aliphatic carboxylic acids is 1. The molecule has 116 valence electrons. The first kappa shape index (κ1) is 17.2. The van der Waals surface area contributed by atoms with Gasteiger partial charge in [0.2, 0.25) is 0 Å². The van der Waals surface area contributed by atoms with E-state index in [1.165, 1.54) is 0 Å². The molecule has 0 aliphatic heterocycles. The zero-order valence-electron chi connectivity index (χ0n) is 12.7. The summed E-state index contributed by atoms with van der Waals surface area (Å²) in [5, 5.41) is 16.4. The van der Waals surface area contributed by atoms with E-state index in [-0.39, 0.29) is 12.5 Å². The van der Waals surface area contributed by atoms with Crippen LogP contribution in [-0.2, 0) is 11.2 Å². The second-order valence-corrected chi connectivity index (χ2v) is 5.42. The number of thiocarbonyl (C=S) groups is 1. The summed E-state index contributed by atoms with van der Waals surface area (Å²) in [6.45, 7) is 7.63. The van der Waals surface area contributed by atoms with Gasteiger partial charge in [-0.3, -0.25) is 10.2 Å². The lowest BCUT2D eigenvalue weighted by atomic mass is 10.1. The van der Waals surface area contributed by atoms with E-state index in [4.69, 9.17) is 21.7 Å². The predicted octanol–water partition coefficient (Wildman–Crippen LogP) is 2.20. The Kier molecular flexibility index (Phi) is 6.36. The Morgan fingerprint density at radius 1 is 1.52 bits per heavy atom. The van der Waals surface area contributed by atoms with E-state index in [9.17, 15) is 4.79 Å². The largest absolute Gasteiger partial charge is 0.481 e. The molecule has 0 saturated heterocycles. The Hall–Kier alpha value is -1.89. The molecular formula is C14H21N3O3S. The van der Waals surface area contributed by atoms with Gasteiger partial charge in [0.1, 0.15) is 11.5 Å². The van der Waals surface area contributed by atoms with Crippen LogP contribution in [-0.4, -0.2) is 27.9 Å². The van der Waals surface area contributed by atoms with Crippen LogP contribution in [0.3, 0.4) is 0 Å². The van der Waals surface area contributed by atoms with Gasteiger partial charge in [0.15, 0.2) is 5.11 Å². The Balaban J connectivity index is 2.71. The van der Waals surface area contributed by atoms with Crippen molar-refractivity contribution < 1.29 is 14.3 Å². The molecule has 1 aromatic heterocycles. The molecule has 0 aliphatic rings. The van der Waals surface area contributed by atoms with Crippen molar-refractivity contribution in [1.29, 1.82) is 0 Å². The maximum atomic E-state index is 10.6. The molecule has 0 amide bonds. The Bertz CT molecular complexity index is 550. The fraction of sp³-hybridized carbons (Fsp3) is 0.500. The van der Waals surface area contributed by atoms with Crippen LogP contribution in [0.2, 0.25) is 0 Å². The average molecular weight is 311 g/mol. The minimum atomic E-state index is -0.845. The third kappa shape index (κ3) is 5.95. The second kappa shape index (κ2) is 7.78. The molecule has 0 aromatic carbocycles. The van der Waals surface area contributed by atoms with Crippen molar-refractivity contribution in [3.63, 3.8) is 0 Å². The van der Waals surface area contributed by atoms with Gasteiger partial charge in [-0.25, -0.2) is 0 Å². The minimum Gasteiger partial charge on any atom is -0.481 e. The first-order valence-corrected chi connectivity index (χ1v) is 7.12. The normalized spacial score (nSPS) is 11.6. The number of furan rings is 1. The number of nitrogens with one attached hydrogen (secondary N) is 2. The lowest BCUT2D eigenvalue weighted by Gasteiger charge is -2.10. The summed E-state index contributed by atoms with van der Waals surface area (Å²) in [6.07, 6.45) is 0.410. The van der Waals surface area contributed by atoms with Gasteiger partial charge >= 0.3 is 5.97 Å². The Morgan fingerprint density at radius 3 is 2.76 bits per heavy atom. The summed E-state index contributed by atoms with van der Waals surface area (Å²) in [5.74, 6) is 0.506. The van der Waals surface area contributed by atoms with Crippen LogP contribution in [0.1, 0.15) is 44.3 Å². The van der Waals surface area contributed by atoms with Gasteiger partial charge in [-0.2, -0.15) is 5.10 Å². The predicted molar refractivity (Wildman–Crippen MR) is 85.6 cm³/mol. The first-order chi connectivity index (χ1) is 9.79. The van der Waals surface area contributed by atoms with Crippen LogP contribution in [0, 0.1) is 6.92 Å². The standard InChI is InChI=1S/C14H21N3O3S/c1-8(2)15-14(21)17-16-9(3)12-7-11(20-10(12)4)5-6-13(18)19/h7-8H,5-6H2,1-4H3,(H,18,19)(H2,15,17,21)/b16-9-. The third-order valence-corrected chi connectivity index (χ3v) is 2.90. The van der Waals surface area contributed by atoms with Crippen molar-refractivity contribution in [1.82, 2.24) is 10.7 Å². The van der Waals surface area contributed by atoms with E-state index in [1.54, 1.807) is 0 Å². The van der Waals surface area contributed by atoms with Crippen molar-refractivity contribution in [3.8, 4) is 0 Å². The van der Waals surface area contributed by atoms with Gasteiger partial charge in [-0.05, 0) is 46.0 Å². The zero-order chi connectivity index (χ0) is 16.0. The zero-order valence-corrected chi connectivity index (χ0v) is 13.5. The van der Waals surface area contributed by atoms with Gasteiger partial charge < -0.3 is 14.8 Å². The number of carbonyl (C=O) groups is 1. The van der Waals surface area contributed by atoms with Gasteiger partial charge in [0.25, 0.3) is 0 Å². The SMILES string of the molecule is C/C(=N/NC(=S)NC(C)C)c1cc(CCC(=O)O)oc1C. The number of hydrazone groups is 1. The summed E-state index contributed by atoms with van der Waals surface area (Å²) >= 11 is 5.09. The van der Waals surface area contributed by atoms with Crippen LogP contribution < -0.4 is 10.7 Å². The fourth-order valence-corrected chi connectivity index (χ4v) is 2.03. The summed E-state index contributed by atoms with van der Waals surface area (Å²) in [5.41, 5.74) is 4.34. The molecule has 7 heteroatoms. The minimum absolute atomic E-state index is 0.0449. The van der Waals surface area contributed by atoms with E-state index >= 15 is 0 Å². The molecule has 21 heavy (non-hydrogen) atoms. The van der Waals surface area contributed by atoms with Crippen LogP contribution in [0.4, 0.5) is 0 Å². The van der Waals surface area contributed by atoms with Crippen molar-refractivity contribution >= 4 is 29.0 Å². The molecule has 0 unspecified atom stereocenters. The van der Waals surface area contributed by atoms with E-state index in [0.29, 0.717) is 23.1 Å². The van der Waals surface area contributed by atoms with Crippen LogP contribution in [0.5, 0.6) is 0 Å². The number of carboxylic acids is 1. The lowest BCUT2D eigenvalue weighted by molar-refractivity contribution is -0.137. The van der Waals surface area contributed by atoms with E-state index in [2.05, 4.69) is 15.8 Å². The Labute approximate surface area is 129 Å². The maximum Gasteiger partial charge on any atom is 0.303 e. The first-order valence-electron chi connectivity index (χ1n) is 6.72. The molecule has 0 saturated carbocycles. The van der Waals surface area contributed by atoms with Gasteiger partial charge in [0.05, 0.1) is 12.1 Å². The highest BCUT2D eigenvalue weighted by atomic mass is 32.1. The fourth-order valence-electron chi connectivity index (χ4n) is 1.75. The van der Waals surface area contributed by atoms with Gasteiger partial charge in [-0.15, -0.1) is 0 Å². The molecule has 1 heterocycles. The van der Waals surface area contributed by atoms with Crippen molar-refractivity contribution in [3.05, 3.63) is 23.2 Å². The molecule has 0 bridgehead atoms. The quantitative estimate of drug-likeness (QED) is 0.424. The van der Waals surface area contributed by atoms with Crippen molar-refractivity contribution in [2.75, 3.05) is 0 Å². The average Bonchev–Trinajstić information content (AvgIpc) is 2.74. The molecule has 0 radical (unpaired) electrons. The van der Waals surface area contributed by atoms with E-state index < -0.39 is 5.97 Å². The molecular weight excluding hydrogens is 290 g/mol. The van der Waals surface area contributed by atoms with Crippen molar-refractivity contribution in [2.24, 2.45) is 5.10 Å². The molecule has 1 rings (SSSR count). The molecule has 1 aromatic rings. The highest BCUT2D eigenvalue weighted by molar-refractivity contribution is 7.80. The smallest absolute Gasteiger partial charge is 0.303 e. The molecule has 6 nitrogen and oxygen atoms in total.